The predicted molar refractivity (Wildman–Crippen MR) is 81.2 cm³/mol. The van der Waals surface area contributed by atoms with E-state index < -0.39 is 5.97 Å². The number of aromatic hydroxyl groups is 1. The number of benzene rings is 1. The standard InChI is InChI=1S/C16H16O4S/c1-9-4-5-12(14(17)6-9)16(19)20-8-15(18)13-7-10(2)21-11(13)3/h4-7,17H,8H2,1-3H3. The van der Waals surface area contributed by atoms with E-state index in [4.69, 9.17) is 4.74 Å². The van der Waals surface area contributed by atoms with E-state index in [9.17, 15) is 14.7 Å². The average molecular weight is 304 g/mol. The van der Waals surface area contributed by atoms with Crippen molar-refractivity contribution in [2.75, 3.05) is 6.61 Å². The van der Waals surface area contributed by atoms with Crippen molar-refractivity contribution in [2.24, 2.45) is 0 Å². The Bertz CT molecular complexity index is 700. The number of rotatable bonds is 4. The summed E-state index contributed by atoms with van der Waals surface area (Å²) in [5.41, 5.74) is 1.48. The van der Waals surface area contributed by atoms with Crippen molar-refractivity contribution in [2.45, 2.75) is 20.8 Å². The summed E-state index contributed by atoms with van der Waals surface area (Å²) >= 11 is 1.53. The lowest BCUT2D eigenvalue weighted by Gasteiger charge is -2.06. The number of phenolic OH excluding ortho intramolecular Hbond substituents is 1. The number of hydrogen-bond donors (Lipinski definition) is 1. The maximum atomic E-state index is 12.0. The monoisotopic (exact) mass is 304 g/mol. The van der Waals surface area contributed by atoms with E-state index in [0.29, 0.717) is 5.56 Å². The molecule has 0 aliphatic rings. The molecule has 0 fully saturated rings. The number of hydrogen-bond acceptors (Lipinski definition) is 5. The van der Waals surface area contributed by atoms with Crippen LogP contribution in [-0.2, 0) is 4.74 Å². The highest BCUT2D eigenvalue weighted by Crippen LogP contribution is 2.22. The molecule has 0 amide bonds. The fraction of sp³-hybridized carbons (Fsp3) is 0.250. The van der Waals surface area contributed by atoms with Gasteiger partial charge in [0.1, 0.15) is 11.3 Å². The van der Waals surface area contributed by atoms with Crippen molar-refractivity contribution in [3.63, 3.8) is 0 Å². The van der Waals surface area contributed by atoms with Crippen LogP contribution in [0.4, 0.5) is 0 Å². The van der Waals surface area contributed by atoms with Gasteiger partial charge >= 0.3 is 5.97 Å². The summed E-state index contributed by atoms with van der Waals surface area (Å²) in [5.74, 6) is -1.09. The van der Waals surface area contributed by atoms with E-state index in [1.54, 1.807) is 19.1 Å². The van der Waals surface area contributed by atoms with Crippen molar-refractivity contribution in [1.82, 2.24) is 0 Å². The summed E-state index contributed by atoms with van der Waals surface area (Å²) in [6.45, 7) is 5.26. The molecule has 0 unspecified atom stereocenters. The molecule has 0 atom stereocenters. The molecule has 0 saturated carbocycles. The second kappa shape index (κ2) is 6.10. The molecule has 2 aromatic rings. The summed E-state index contributed by atoms with van der Waals surface area (Å²) in [6.07, 6.45) is 0. The summed E-state index contributed by atoms with van der Waals surface area (Å²) in [6, 6.07) is 6.45. The number of phenols is 1. The largest absolute Gasteiger partial charge is 0.507 e. The Hall–Kier alpha value is -2.14. The van der Waals surface area contributed by atoms with Gasteiger partial charge in [0.15, 0.2) is 6.61 Å². The van der Waals surface area contributed by atoms with Crippen LogP contribution >= 0.6 is 11.3 Å². The highest BCUT2D eigenvalue weighted by molar-refractivity contribution is 7.12. The van der Waals surface area contributed by atoms with Gasteiger partial charge in [0.2, 0.25) is 5.78 Å². The van der Waals surface area contributed by atoms with Gasteiger partial charge in [-0.05, 0) is 44.5 Å². The van der Waals surface area contributed by atoms with Gasteiger partial charge in [-0.1, -0.05) is 6.07 Å². The van der Waals surface area contributed by atoms with E-state index in [0.717, 1.165) is 15.3 Å². The van der Waals surface area contributed by atoms with Crippen LogP contribution in [0.3, 0.4) is 0 Å². The zero-order chi connectivity index (χ0) is 15.6. The molecule has 1 aromatic heterocycles. The topological polar surface area (TPSA) is 63.6 Å². The summed E-state index contributed by atoms with van der Waals surface area (Å²) in [5, 5.41) is 9.71. The molecule has 0 radical (unpaired) electrons. The number of ketones is 1. The first-order valence-corrected chi connectivity index (χ1v) is 7.27. The number of Topliss-reactive ketones (excluding diaryl/α,β-unsaturated/α-hetero) is 1. The second-order valence-corrected chi connectivity index (χ2v) is 6.31. The van der Waals surface area contributed by atoms with Crippen LogP contribution in [-0.4, -0.2) is 23.5 Å². The third kappa shape index (κ3) is 3.49. The Balaban J connectivity index is 2.04. The highest BCUT2D eigenvalue weighted by Gasteiger charge is 2.17. The fourth-order valence-corrected chi connectivity index (χ4v) is 2.95. The van der Waals surface area contributed by atoms with Crippen LogP contribution in [0.2, 0.25) is 0 Å². The number of aryl methyl sites for hydroxylation is 3. The lowest BCUT2D eigenvalue weighted by atomic mass is 10.1. The molecule has 110 valence electrons. The summed E-state index contributed by atoms with van der Waals surface area (Å²) in [7, 11) is 0. The van der Waals surface area contributed by atoms with E-state index in [2.05, 4.69) is 0 Å². The smallest absolute Gasteiger partial charge is 0.342 e. The number of esters is 1. The molecule has 0 aliphatic carbocycles. The van der Waals surface area contributed by atoms with Gasteiger partial charge in [-0.15, -0.1) is 11.3 Å². The average Bonchev–Trinajstić information content (AvgIpc) is 2.74. The predicted octanol–water partition coefficient (Wildman–Crippen LogP) is 3.42. The number of thiophene rings is 1. The van der Waals surface area contributed by atoms with E-state index in [1.165, 1.54) is 23.5 Å². The highest BCUT2D eigenvalue weighted by atomic mass is 32.1. The molecular formula is C16H16O4S. The quantitative estimate of drug-likeness (QED) is 0.694. The lowest BCUT2D eigenvalue weighted by molar-refractivity contribution is 0.0471. The number of carbonyl (C=O) groups excluding carboxylic acids is 2. The van der Waals surface area contributed by atoms with Gasteiger partial charge in [0.25, 0.3) is 0 Å². The van der Waals surface area contributed by atoms with Gasteiger partial charge in [-0.3, -0.25) is 4.79 Å². The molecule has 4 nitrogen and oxygen atoms in total. The van der Waals surface area contributed by atoms with Crippen molar-refractivity contribution < 1.29 is 19.4 Å². The molecule has 0 saturated heterocycles. The molecule has 21 heavy (non-hydrogen) atoms. The van der Waals surface area contributed by atoms with Crippen LogP contribution in [0.25, 0.3) is 0 Å². The minimum absolute atomic E-state index is 0.0617. The zero-order valence-electron chi connectivity index (χ0n) is 12.1. The van der Waals surface area contributed by atoms with Crippen LogP contribution in [0, 0.1) is 20.8 Å². The van der Waals surface area contributed by atoms with E-state index >= 15 is 0 Å². The molecule has 1 N–H and O–H groups in total. The van der Waals surface area contributed by atoms with Crippen molar-refractivity contribution in [3.05, 3.63) is 50.7 Å². The Morgan fingerprint density at radius 1 is 1.14 bits per heavy atom. The minimum Gasteiger partial charge on any atom is -0.507 e. The normalized spacial score (nSPS) is 10.4. The van der Waals surface area contributed by atoms with Gasteiger partial charge in [-0.2, -0.15) is 0 Å². The van der Waals surface area contributed by atoms with Crippen LogP contribution in [0.1, 0.15) is 36.0 Å². The van der Waals surface area contributed by atoms with Crippen molar-refractivity contribution in [1.29, 1.82) is 0 Å². The first-order valence-electron chi connectivity index (χ1n) is 6.45. The fourth-order valence-electron chi connectivity index (χ4n) is 2.01. The number of ether oxygens (including phenoxy) is 1. The molecule has 5 heteroatoms. The molecular weight excluding hydrogens is 288 g/mol. The van der Waals surface area contributed by atoms with Gasteiger partial charge in [-0.25, -0.2) is 4.79 Å². The van der Waals surface area contributed by atoms with E-state index in [-0.39, 0.29) is 23.7 Å². The Kier molecular flexibility index (Phi) is 4.43. The van der Waals surface area contributed by atoms with E-state index in [1.807, 2.05) is 13.8 Å². The first kappa shape index (κ1) is 15.3. The molecule has 0 bridgehead atoms. The van der Waals surface area contributed by atoms with Crippen molar-refractivity contribution in [3.8, 4) is 5.75 Å². The Labute approximate surface area is 127 Å². The molecule has 1 aromatic carbocycles. The van der Waals surface area contributed by atoms with Crippen molar-refractivity contribution >= 4 is 23.1 Å². The minimum atomic E-state index is -0.703. The number of carbonyl (C=O) groups is 2. The van der Waals surface area contributed by atoms with Gasteiger partial charge < -0.3 is 9.84 Å². The van der Waals surface area contributed by atoms with Crippen LogP contribution in [0.15, 0.2) is 24.3 Å². The zero-order valence-corrected chi connectivity index (χ0v) is 12.9. The maximum Gasteiger partial charge on any atom is 0.342 e. The maximum absolute atomic E-state index is 12.0. The van der Waals surface area contributed by atoms with Gasteiger partial charge in [0.05, 0.1) is 0 Å². The molecule has 2 rings (SSSR count). The molecule has 0 spiro atoms. The lowest BCUT2D eigenvalue weighted by Crippen LogP contribution is -2.14. The first-order chi connectivity index (χ1) is 9.88. The molecule has 0 aliphatic heterocycles. The van der Waals surface area contributed by atoms with Gasteiger partial charge in [0, 0.05) is 15.3 Å². The Morgan fingerprint density at radius 2 is 1.86 bits per heavy atom. The summed E-state index contributed by atoms with van der Waals surface area (Å²) < 4.78 is 4.99. The SMILES string of the molecule is Cc1ccc(C(=O)OCC(=O)c2cc(C)sc2C)c(O)c1. The van der Waals surface area contributed by atoms with Crippen LogP contribution in [0.5, 0.6) is 5.75 Å². The van der Waals surface area contributed by atoms with Crippen LogP contribution < -0.4 is 0 Å². The third-order valence-corrected chi connectivity index (χ3v) is 4.01. The Morgan fingerprint density at radius 3 is 2.43 bits per heavy atom. The summed E-state index contributed by atoms with van der Waals surface area (Å²) in [4.78, 5) is 25.8. The molecule has 1 heterocycles. The second-order valence-electron chi connectivity index (χ2n) is 4.85. The third-order valence-electron chi connectivity index (χ3n) is 3.05.